The van der Waals surface area contributed by atoms with Crippen molar-refractivity contribution in [1.82, 2.24) is 0 Å². The second-order valence-corrected chi connectivity index (χ2v) is 7.46. The lowest BCUT2D eigenvalue weighted by Crippen LogP contribution is -2.21. The number of benzene rings is 1. The summed E-state index contributed by atoms with van der Waals surface area (Å²) in [5.74, 6) is -0.357. The van der Waals surface area contributed by atoms with Gasteiger partial charge in [0.05, 0.1) is 12.7 Å². The molecule has 0 saturated heterocycles. The van der Waals surface area contributed by atoms with E-state index in [0.717, 1.165) is 27.3 Å². The normalized spacial score (nSPS) is 10.4. The number of hydrogen-bond donors (Lipinski definition) is 2. The van der Waals surface area contributed by atoms with E-state index in [-0.39, 0.29) is 5.97 Å². The van der Waals surface area contributed by atoms with Gasteiger partial charge in [0.2, 0.25) is 0 Å². The van der Waals surface area contributed by atoms with Crippen molar-refractivity contribution in [1.29, 1.82) is 0 Å². The van der Waals surface area contributed by atoms with E-state index in [9.17, 15) is 4.79 Å². The molecule has 0 saturated carbocycles. The summed E-state index contributed by atoms with van der Waals surface area (Å²) >= 11 is 6.93. The Bertz CT molecular complexity index is 787. The highest BCUT2D eigenvalue weighted by molar-refractivity contribution is 7.80. The van der Waals surface area contributed by atoms with E-state index in [2.05, 4.69) is 29.7 Å². The maximum Gasteiger partial charge on any atom is 0.341 e. The molecular formula is C18H22N2O2S2. The van der Waals surface area contributed by atoms with E-state index in [1.54, 1.807) is 0 Å². The molecule has 2 aromatic rings. The number of ether oxygens (including phenoxy) is 1. The Labute approximate surface area is 152 Å². The largest absolute Gasteiger partial charge is 0.465 e. The molecule has 24 heavy (non-hydrogen) atoms. The van der Waals surface area contributed by atoms with Gasteiger partial charge < -0.3 is 15.4 Å². The monoisotopic (exact) mass is 362 g/mol. The zero-order chi connectivity index (χ0) is 18.0. The molecule has 0 aliphatic carbocycles. The molecule has 0 spiro atoms. The molecule has 1 aromatic carbocycles. The SMILES string of the molecule is COC(=O)c1c(NC(=S)Nc2c(C)cc(C)cc2C)sc(C)c1C. The number of anilines is 2. The lowest BCUT2D eigenvalue weighted by Gasteiger charge is -2.15. The lowest BCUT2D eigenvalue weighted by molar-refractivity contribution is 0.0601. The quantitative estimate of drug-likeness (QED) is 0.602. The topological polar surface area (TPSA) is 50.4 Å². The second-order valence-electron chi connectivity index (χ2n) is 5.83. The number of thiophene rings is 1. The molecule has 2 N–H and O–H groups in total. The highest BCUT2D eigenvalue weighted by Gasteiger charge is 2.21. The Hall–Kier alpha value is -1.92. The molecule has 4 nitrogen and oxygen atoms in total. The van der Waals surface area contributed by atoms with E-state index in [4.69, 9.17) is 17.0 Å². The Morgan fingerprint density at radius 3 is 2.21 bits per heavy atom. The van der Waals surface area contributed by atoms with Crippen LogP contribution < -0.4 is 10.6 Å². The van der Waals surface area contributed by atoms with Crippen LogP contribution in [0.4, 0.5) is 10.7 Å². The van der Waals surface area contributed by atoms with Gasteiger partial charge in [-0.1, -0.05) is 17.7 Å². The molecule has 0 atom stereocenters. The first-order valence-electron chi connectivity index (χ1n) is 7.58. The minimum Gasteiger partial charge on any atom is -0.465 e. The van der Waals surface area contributed by atoms with Crippen LogP contribution in [0.3, 0.4) is 0 Å². The van der Waals surface area contributed by atoms with Crippen LogP contribution in [0.15, 0.2) is 12.1 Å². The average molecular weight is 363 g/mol. The molecule has 1 aromatic heterocycles. The van der Waals surface area contributed by atoms with Gasteiger partial charge in [0.15, 0.2) is 5.11 Å². The van der Waals surface area contributed by atoms with Crippen LogP contribution in [0.5, 0.6) is 0 Å². The molecular weight excluding hydrogens is 340 g/mol. The van der Waals surface area contributed by atoms with Gasteiger partial charge in [-0.3, -0.25) is 0 Å². The van der Waals surface area contributed by atoms with Crippen LogP contribution in [0, 0.1) is 34.6 Å². The average Bonchev–Trinajstić information content (AvgIpc) is 2.76. The molecule has 0 aliphatic heterocycles. The molecule has 1 heterocycles. The van der Waals surface area contributed by atoms with Gasteiger partial charge in [0.1, 0.15) is 5.00 Å². The van der Waals surface area contributed by atoms with E-state index in [1.165, 1.54) is 24.0 Å². The van der Waals surface area contributed by atoms with E-state index < -0.39 is 0 Å². The third-order valence-corrected chi connectivity index (χ3v) is 5.24. The third-order valence-electron chi connectivity index (χ3n) is 3.92. The highest BCUT2D eigenvalue weighted by atomic mass is 32.1. The van der Waals surface area contributed by atoms with Gasteiger partial charge in [0, 0.05) is 10.6 Å². The Balaban J connectivity index is 2.26. The summed E-state index contributed by atoms with van der Waals surface area (Å²) in [6.45, 7) is 10.0. The van der Waals surface area contributed by atoms with Crippen LogP contribution in [0.25, 0.3) is 0 Å². The first kappa shape index (κ1) is 18.4. The fourth-order valence-electron chi connectivity index (χ4n) is 2.69. The van der Waals surface area contributed by atoms with Crippen molar-refractivity contribution in [3.63, 3.8) is 0 Å². The van der Waals surface area contributed by atoms with Crippen molar-refractivity contribution >= 4 is 45.3 Å². The molecule has 0 bridgehead atoms. The Morgan fingerprint density at radius 2 is 1.67 bits per heavy atom. The molecule has 0 aliphatic rings. The number of methoxy groups -OCH3 is 1. The molecule has 0 unspecified atom stereocenters. The van der Waals surface area contributed by atoms with Crippen LogP contribution in [-0.2, 0) is 4.74 Å². The standard InChI is InChI=1S/C18H22N2O2S2/c1-9-7-10(2)15(11(3)8-9)19-18(23)20-16-14(17(21)22-6)12(4)13(5)24-16/h7-8H,1-6H3,(H2,19,20,23). The molecule has 0 radical (unpaired) electrons. The van der Waals surface area contributed by atoms with Gasteiger partial charge in [0.25, 0.3) is 0 Å². The molecule has 6 heteroatoms. The molecule has 128 valence electrons. The zero-order valence-electron chi connectivity index (χ0n) is 14.8. The minimum absolute atomic E-state index is 0.357. The molecule has 0 fully saturated rings. The number of aryl methyl sites for hydroxylation is 4. The zero-order valence-corrected chi connectivity index (χ0v) is 16.4. The third kappa shape index (κ3) is 3.76. The van der Waals surface area contributed by atoms with E-state index in [0.29, 0.717) is 15.7 Å². The van der Waals surface area contributed by atoms with Crippen LogP contribution >= 0.6 is 23.6 Å². The van der Waals surface area contributed by atoms with Gasteiger partial charge in [-0.05, 0) is 63.5 Å². The number of hydrogen-bond acceptors (Lipinski definition) is 4. The summed E-state index contributed by atoms with van der Waals surface area (Å²) in [4.78, 5) is 13.1. The van der Waals surface area contributed by atoms with Crippen molar-refractivity contribution in [2.45, 2.75) is 34.6 Å². The predicted molar refractivity (Wildman–Crippen MR) is 106 cm³/mol. The Kier molecular flexibility index (Phi) is 5.62. The van der Waals surface area contributed by atoms with Crippen LogP contribution in [0.2, 0.25) is 0 Å². The van der Waals surface area contributed by atoms with Crippen molar-refractivity contribution in [2.75, 3.05) is 17.7 Å². The van der Waals surface area contributed by atoms with Gasteiger partial charge in [-0.15, -0.1) is 11.3 Å². The van der Waals surface area contributed by atoms with Crippen LogP contribution in [-0.4, -0.2) is 18.2 Å². The number of thiocarbonyl (C=S) groups is 1. The maximum absolute atomic E-state index is 12.0. The van der Waals surface area contributed by atoms with E-state index in [1.807, 2.05) is 27.7 Å². The first-order valence-corrected chi connectivity index (χ1v) is 8.81. The molecule has 0 amide bonds. The predicted octanol–water partition coefficient (Wildman–Crippen LogP) is 4.89. The number of nitrogens with one attached hydrogen (secondary N) is 2. The van der Waals surface area contributed by atoms with Gasteiger partial charge in [-0.2, -0.15) is 0 Å². The summed E-state index contributed by atoms with van der Waals surface area (Å²) in [6.07, 6.45) is 0. The van der Waals surface area contributed by atoms with Crippen molar-refractivity contribution in [3.05, 3.63) is 44.8 Å². The fraction of sp³-hybridized carbons (Fsp3) is 0.333. The van der Waals surface area contributed by atoms with E-state index >= 15 is 0 Å². The maximum atomic E-state index is 12.0. The second kappa shape index (κ2) is 7.32. The van der Waals surface area contributed by atoms with Crippen molar-refractivity contribution in [2.24, 2.45) is 0 Å². The van der Waals surface area contributed by atoms with Crippen molar-refractivity contribution < 1.29 is 9.53 Å². The number of carbonyl (C=O) groups excluding carboxylic acids is 1. The summed E-state index contributed by atoms with van der Waals surface area (Å²) in [6, 6.07) is 4.22. The lowest BCUT2D eigenvalue weighted by atomic mass is 10.1. The summed E-state index contributed by atoms with van der Waals surface area (Å²) in [7, 11) is 1.38. The highest BCUT2D eigenvalue weighted by Crippen LogP contribution is 2.33. The van der Waals surface area contributed by atoms with Gasteiger partial charge >= 0.3 is 5.97 Å². The van der Waals surface area contributed by atoms with Crippen LogP contribution in [0.1, 0.15) is 37.5 Å². The Morgan fingerprint density at radius 1 is 1.08 bits per heavy atom. The van der Waals surface area contributed by atoms with Crippen molar-refractivity contribution in [3.8, 4) is 0 Å². The minimum atomic E-state index is -0.357. The summed E-state index contributed by atoms with van der Waals surface area (Å²) < 4.78 is 4.89. The fourth-order valence-corrected chi connectivity index (χ4v) is 4.01. The summed E-state index contributed by atoms with van der Waals surface area (Å²) in [5.41, 5.74) is 5.92. The molecule has 2 rings (SSSR count). The number of rotatable bonds is 3. The first-order chi connectivity index (χ1) is 11.2. The smallest absolute Gasteiger partial charge is 0.341 e. The number of carbonyl (C=O) groups is 1. The summed E-state index contributed by atoms with van der Waals surface area (Å²) in [5, 5.41) is 7.55. The number of esters is 1. The van der Waals surface area contributed by atoms with Gasteiger partial charge in [-0.25, -0.2) is 4.79 Å².